The first-order valence-electron chi connectivity index (χ1n) is 12.9. The molecule has 1 unspecified atom stereocenters. The Morgan fingerprint density at radius 2 is 1.66 bits per heavy atom. The van der Waals surface area contributed by atoms with Gasteiger partial charge in [0.25, 0.3) is 0 Å². The zero-order chi connectivity index (χ0) is 29.3. The van der Waals surface area contributed by atoms with Crippen molar-refractivity contribution in [3.05, 3.63) is 89.0 Å². The number of benzene rings is 3. The molecule has 0 aromatic heterocycles. The summed E-state index contributed by atoms with van der Waals surface area (Å²) in [4.78, 5) is 30.9. The van der Waals surface area contributed by atoms with Crippen LogP contribution >= 0.6 is 11.8 Å². The van der Waals surface area contributed by atoms with Crippen molar-refractivity contribution in [2.75, 3.05) is 45.3 Å². The minimum Gasteiger partial charge on any atom is -0.465 e. The first-order chi connectivity index (χ1) is 19.6. The lowest BCUT2D eigenvalue weighted by Crippen LogP contribution is -2.44. The lowest BCUT2D eigenvalue weighted by atomic mass is 9.93. The summed E-state index contributed by atoms with van der Waals surface area (Å²) in [6, 6.07) is 16.7. The van der Waals surface area contributed by atoms with Gasteiger partial charge in [-0.3, -0.25) is 4.90 Å². The molecule has 2 fully saturated rings. The number of hydrogen-bond donors (Lipinski definition) is 0. The minimum absolute atomic E-state index is 0.215. The molecule has 5 rings (SSSR count). The monoisotopic (exact) mass is 588 g/mol. The van der Waals surface area contributed by atoms with Gasteiger partial charge >= 0.3 is 18.2 Å². The van der Waals surface area contributed by atoms with Crippen LogP contribution in [0.25, 0.3) is 11.1 Å². The summed E-state index contributed by atoms with van der Waals surface area (Å²) in [6.07, 6.45) is -6.58. The molecule has 41 heavy (non-hydrogen) atoms. The van der Waals surface area contributed by atoms with Crippen molar-refractivity contribution in [1.82, 2.24) is 14.3 Å². The van der Waals surface area contributed by atoms with Crippen LogP contribution in [0.15, 0.2) is 66.7 Å². The molecule has 0 saturated carbocycles. The number of halogens is 4. The number of hydrogen-bond acceptors (Lipinski definition) is 7. The highest BCUT2D eigenvalue weighted by atomic mass is 35.5. The summed E-state index contributed by atoms with van der Waals surface area (Å²) in [5.41, 5.74) is 1.71. The number of likely N-dealkylation sites (N-methyl/N-ethyl adjacent to an activating group) is 1. The summed E-state index contributed by atoms with van der Waals surface area (Å²) in [6.45, 7) is 3.76. The Kier molecular flexibility index (Phi) is 8.23. The first kappa shape index (κ1) is 28.9. The number of hydrazine groups is 1. The zero-order valence-electron chi connectivity index (χ0n) is 22.4. The second-order valence-corrected chi connectivity index (χ2v) is 10.2. The second kappa shape index (κ2) is 11.7. The highest BCUT2D eigenvalue weighted by molar-refractivity contribution is 6.18. The van der Waals surface area contributed by atoms with Crippen LogP contribution in [0.2, 0.25) is 0 Å². The summed E-state index contributed by atoms with van der Waals surface area (Å²) in [5, 5.41) is 1.13. The van der Waals surface area contributed by atoms with Crippen molar-refractivity contribution in [3.63, 3.8) is 0 Å². The largest absolute Gasteiger partial charge is 0.465 e. The van der Waals surface area contributed by atoms with Crippen molar-refractivity contribution >= 4 is 29.5 Å². The van der Waals surface area contributed by atoms with E-state index in [1.54, 1.807) is 36.4 Å². The molecule has 1 atom stereocenters. The molecule has 2 aliphatic rings. The van der Waals surface area contributed by atoms with Crippen LogP contribution in [0.3, 0.4) is 0 Å². The molecule has 8 nitrogen and oxygen atoms in total. The van der Waals surface area contributed by atoms with Gasteiger partial charge in [0.05, 0.1) is 23.9 Å². The summed E-state index contributed by atoms with van der Waals surface area (Å²) in [7, 11) is 3.32. The molecule has 2 heterocycles. The van der Waals surface area contributed by atoms with E-state index >= 15 is 0 Å². The first-order valence-corrected chi connectivity index (χ1v) is 13.3. The number of piperazine rings is 1. The van der Waals surface area contributed by atoms with E-state index < -0.39 is 30.0 Å². The third-order valence-corrected chi connectivity index (χ3v) is 7.55. The number of ether oxygens (including phenoxy) is 2. The van der Waals surface area contributed by atoms with Crippen LogP contribution in [0.4, 0.5) is 23.7 Å². The van der Waals surface area contributed by atoms with E-state index in [2.05, 4.69) is 16.8 Å². The number of methoxy groups -OCH3 is 1. The minimum atomic E-state index is -4.52. The number of rotatable bonds is 6. The van der Waals surface area contributed by atoms with Gasteiger partial charge in [-0.1, -0.05) is 53.1 Å². The predicted octanol–water partition coefficient (Wildman–Crippen LogP) is 5.93. The van der Waals surface area contributed by atoms with Crippen molar-refractivity contribution in [2.45, 2.75) is 18.9 Å². The normalized spacial score (nSPS) is 18.9. The van der Waals surface area contributed by atoms with Crippen LogP contribution in [0.5, 0.6) is 0 Å². The van der Waals surface area contributed by atoms with E-state index in [9.17, 15) is 22.8 Å². The Morgan fingerprint density at radius 3 is 2.27 bits per heavy atom. The fourth-order valence-electron chi connectivity index (χ4n) is 5.01. The summed E-state index contributed by atoms with van der Waals surface area (Å²) in [5.74, 6) is -0.607. The fourth-order valence-corrected chi connectivity index (χ4v) is 5.30. The number of amides is 1. The number of nitrogens with zero attached hydrogens (tertiary/aromatic N) is 4. The van der Waals surface area contributed by atoms with Crippen LogP contribution < -0.4 is 5.01 Å². The van der Waals surface area contributed by atoms with Crippen LogP contribution in [0, 0.1) is 0 Å². The number of esters is 1. The Hall–Kier alpha value is -3.64. The van der Waals surface area contributed by atoms with Crippen molar-refractivity contribution < 1.29 is 32.2 Å². The van der Waals surface area contributed by atoms with E-state index in [1.807, 2.05) is 6.07 Å². The van der Waals surface area contributed by atoms with Crippen LogP contribution in [0.1, 0.15) is 33.3 Å². The average Bonchev–Trinajstić information content (AvgIpc) is 3.26. The molecule has 0 radical (unpaired) electrons. The van der Waals surface area contributed by atoms with Gasteiger partial charge in [0.2, 0.25) is 6.23 Å². The molecule has 2 saturated heterocycles. The standard InChI is InChI=1S/C29H28ClF3N4O4/c1-34-14-16-35(17-15-34)18-21-10-13-23(27(38)40-2)24(19-6-4-3-5-7-19)25(21)36-28(39)41-26(37(36)30)20-8-11-22(12-9-20)29(31,32)33/h3-13,26H,14-18H2,1-2H3. The van der Waals surface area contributed by atoms with Crippen molar-refractivity contribution in [2.24, 2.45) is 0 Å². The molecule has 0 bridgehead atoms. The number of carbonyl (C=O) groups is 2. The van der Waals surface area contributed by atoms with Gasteiger partial charge < -0.3 is 14.4 Å². The summed E-state index contributed by atoms with van der Waals surface area (Å²) >= 11 is 6.75. The number of carbonyl (C=O) groups excluding carboxylic acids is 2. The molecule has 2 aliphatic heterocycles. The van der Waals surface area contributed by atoms with Gasteiger partial charge in [0.15, 0.2) is 0 Å². The Labute approximate surface area is 240 Å². The molecular formula is C29H28ClF3N4O4. The maximum atomic E-state index is 13.5. The Balaban J connectivity index is 1.62. The van der Waals surface area contributed by atoms with E-state index in [0.29, 0.717) is 28.9 Å². The number of anilines is 1. The Bertz CT molecular complexity index is 1410. The molecule has 0 aliphatic carbocycles. The SMILES string of the molecule is COC(=O)c1ccc(CN2CCN(C)CC2)c(N2C(=O)OC(c3ccc(C(F)(F)F)cc3)N2Cl)c1-c1ccccc1. The topological polar surface area (TPSA) is 65.6 Å². The third kappa shape index (κ3) is 5.89. The zero-order valence-corrected chi connectivity index (χ0v) is 23.2. The molecule has 0 spiro atoms. The van der Waals surface area contributed by atoms with E-state index in [-0.39, 0.29) is 11.1 Å². The van der Waals surface area contributed by atoms with Gasteiger partial charge in [-0.25, -0.2) is 9.59 Å². The molecule has 12 heteroatoms. The predicted molar refractivity (Wildman–Crippen MR) is 147 cm³/mol. The quantitative estimate of drug-likeness (QED) is 0.261. The molecule has 0 N–H and O–H groups in total. The highest BCUT2D eigenvalue weighted by Gasteiger charge is 2.44. The van der Waals surface area contributed by atoms with Crippen molar-refractivity contribution in [1.29, 1.82) is 0 Å². The molecular weight excluding hydrogens is 561 g/mol. The maximum absolute atomic E-state index is 13.5. The van der Waals surface area contributed by atoms with E-state index in [4.69, 9.17) is 21.3 Å². The van der Waals surface area contributed by atoms with E-state index in [1.165, 1.54) is 19.2 Å². The number of alkyl halides is 3. The molecule has 216 valence electrons. The molecule has 1 amide bonds. The van der Waals surface area contributed by atoms with Gasteiger partial charge in [-0.2, -0.15) is 18.2 Å². The fraction of sp³-hybridized carbons (Fsp3) is 0.310. The summed E-state index contributed by atoms with van der Waals surface area (Å²) < 4.78 is 51.1. The van der Waals surface area contributed by atoms with Crippen LogP contribution in [-0.2, 0) is 22.2 Å². The third-order valence-electron chi connectivity index (χ3n) is 7.22. The average molecular weight is 589 g/mol. The second-order valence-electron chi connectivity index (χ2n) is 9.89. The molecule has 3 aromatic carbocycles. The van der Waals surface area contributed by atoms with Crippen molar-refractivity contribution in [3.8, 4) is 11.1 Å². The highest BCUT2D eigenvalue weighted by Crippen LogP contribution is 2.45. The smallest absolute Gasteiger partial charge is 0.432 e. The van der Waals surface area contributed by atoms with Gasteiger partial charge in [-0.05, 0) is 36.4 Å². The van der Waals surface area contributed by atoms with Gasteiger partial charge in [0, 0.05) is 55.6 Å². The lowest BCUT2D eigenvalue weighted by molar-refractivity contribution is -0.137. The molecule has 3 aromatic rings. The van der Waals surface area contributed by atoms with Gasteiger partial charge in [0.1, 0.15) is 0 Å². The van der Waals surface area contributed by atoms with Crippen LogP contribution in [-0.4, -0.2) is 66.7 Å². The number of cyclic esters (lactones) is 1. The van der Waals surface area contributed by atoms with Gasteiger partial charge in [-0.15, -0.1) is 0 Å². The Morgan fingerprint density at radius 1 is 1.00 bits per heavy atom. The van der Waals surface area contributed by atoms with E-state index in [0.717, 1.165) is 47.8 Å². The lowest BCUT2D eigenvalue weighted by Gasteiger charge is -2.34. The maximum Gasteiger partial charge on any atom is 0.432 e.